The summed E-state index contributed by atoms with van der Waals surface area (Å²) in [7, 11) is 0. The first-order valence-corrected chi connectivity index (χ1v) is 12.6. The first kappa shape index (κ1) is 27.3. The van der Waals surface area contributed by atoms with Crippen LogP contribution in [0.4, 0.5) is 32.0 Å². The molecule has 11 heteroatoms. The lowest BCUT2D eigenvalue weighted by Crippen LogP contribution is -2.56. The molecule has 1 atom stereocenters. The number of benzene rings is 3. The number of halogens is 7. The molecule has 1 spiro atoms. The van der Waals surface area contributed by atoms with Crippen LogP contribution in [0.15, 0.2) is 66.7 Å². The molecule has 206 valence electrons. The second-order valence-electron chi connectivity index (χ2n) is 9.86. The number of carbonyl (C=O) groups excluding carboxylic acids is 1. The summed E-state index contributed by atoms with van der Waals surface area (Å²) < 4.78 is 82.3. The van der Waals surface area contributed by atoms with Crippen LogP contribution < -0.4 is 10.1 Å². The quantitative estimate of drug-likeness (QED) is 0.328. The lowest BCUT2D eigenvalue weighted by Gasteiger charge is -2.50. The Morgan fingerprint density at radius 1 is 0.949 bits per heavy atom. The molecule has 0 aromatic heterocycles. The van der Waals surface area contributed by atoms with Gasteiger partial charge >= 0.3 is 12.5 Å². The Morgan fingerprint density at radius 2 is 1.64 bits per heavy atom. The number of rotatable bonds is 4. The second-order valence-corrected chi connectivity index (χ2v) is 10.3. The van der Waals surface area contributed by atoms with Crippen molar-refractivity contribution in [3.8, 4) is 5.75 Å². The summed E-state index contributed by atoms with van der Waals surface area (Å²) in [6, 6.07) is 15.5. The standard InChI is InChI=1S/C28H23ClF6N2O2/c29-20-3-1-2-17(14-20)16-37-12-10-26(11-13-37)24(18-4-7-21(8-5-18)39-28(33,34)35)25(38)22-9-6-19(27(30,31)32)15-23(22)36-26/h1-9,14-15,24,36H,10-13,16H2. The van der Waals surface area contributed by atoms with E-state index in [1.165, 1.54) is 12.1 Å². The third kappa shape index (κ3) is 5.86. The van der Waals surface area contributed by atoms with Crippen molar-refractivity contribution in [3.05, 3.63) is 94.0 Å². The first-order chi connectivity index (χ1) is 18.3. The maximum Gasteiger partial charge on any atom is 0.573 e. The van der Waals surface area contributed by atoms with Gasteiger partial charge in [0.25, 0.3) is 0 Å². The SMILES string of the molecule is O=C1c2ccc(C(F)(F)F)cc2NC2(CCN(Cc3cccc(Cl)c3)CC2)C1c1ccc(OC(F)(F)F)cc1. The fraction of sp³-hybridized carbons (Fsp3) is 0.321. The Bertz CT molecular complexity index is 1370. The molecule has 5 rings (SSSR count). The molecular weight excluding hydrogens is 546 g/mol. The number of hydrogen-bond donors (Lipinski definition) is 1. The van der Waals surface area contributed by atoms with Crippen molar-refractivity contribution >= 4 is 23.1 Å². The molecule has 1 unspecified atom stereocenters. The molecule has 3 aromatic carbocycles. The number of likely N-dealkylation sites (tertiary alicyclic amines) is 1. The van der Waals surface area contributed by atoms with Crippen LogP contribution in [0.5, 0.6) is 5.75 Å². The Hall–Kier alpha value is -3.24. The van der Waals surface area contributed by atoms with Gasteiger partial charge in [0.2, 0.25) is 0 Å². The van der Waals surface area contributed by atoms with Gasteiger partial charge in [-0.15, -0.1) is 13.2 Å². The van der Waals surface area contributed by atoms with Gasteiger partial charge in [0, 0.05) is 35.9 Å². The predicted octanol–water partition coefficient (Wildman–Crippen LogP) is 7.68. The number of carbonyl (C=O) groups is 1. The third-order valence-electron chi connectivity index (χ3n) is 7.30. The monoisotopic (exact) mass is 568 g/mol. The molecule has 4 nitrogen and oxygen atoms in total. The maximum atomic E-state index is 13.8. The summed E-state index contributed by atoms with van der Waals surface area (Å²) in [6.45, 7) is 1.67. The molecule has 0 amide bonds. The highest BCUT2D eigenvalue weighted by Crippen LogP contribution is 2.48. The molecule has 0 saturated carbocycles. The van der Waals surface area contributed by atoms with Crippen molar-refractivity contribution in [2.24, 2.45) is 0 Å². The molecule has 0 aliphatic carbocycles. The number of anilines is 1. The van der Waals surface area contributed by atoms with Crippen molar-refractivity contribution in [2.75, 3.05) is 18.4 Å². The van der Waals surface area contributed by atoms with Crippen LogP contribution in [0, 0.1) is 0 Å². The Labute approximate surface area is 225 Å². The van der Waals surface area contributed by atoms with E-state index < -0.39 is 35.3 Å². The maximum absolute atomic E-state index is 13.8. The molecule has 0 radical (unpaired) electrons. The highest BCUT2D eigenvalue weighted by atomic mass is 35.5. The lowest BCUT2D eigenvalue weighted by molar-refractivity contribution is -0.274. The highest BCUT2D eigenvalue weighted by molar-refractivity contribution is 6.30. The summed E-state index contributed by atoms with van der Waals surface area (Å²) >= 11 is 6.10. The molecule has 39 heavy (non-hydrogen) atoms. The van der Waals surface area contributed by atoms with E-state index in [0.29, 0.717) is 43.1 Å². The van der Waals surface area contributed by atoms with E-state index in [0.717, 1.165) is 35.9 Å². The largest absolute Gasteiger partial charge is 0.573 e. The molecular formula is C28H23ClF6N2O2. The molecule has 2 heterocycles. The number of piperidine rings is 1. The zero-order valence-corrected chi connectivity index (χ0v) is 21.1. The van der Waals surface area contributed by atoms with Gasteiger partial charge in [-0.3, -0.25) is 9.69 Å². The van der Waals surface area contributed by atoms with E-state index in [2.05, 4.69) is 15.0 Å². The van der Waals surface area contributed by atoms with Crippen LogP contribution >= 0.6 is 11.6 Å². The predicted molar refractivity (Wildman–Crippen MR) is 134 cm³/mol. The summed E-state index contributed by atoms with van der Waals surface area (Å²) in [4.78, 5) is 16.0. The number of hydrogen-bond acceptors (Lipinski definition) is 4. The molecule has 2 aliphatic rings. The minimum absolute atomic E-state index is 0.103. The average Bonchev–Trinajstić information content (AvgIpc) is 2.85. The minimum atomic E-state index is -4.87. The van der Waals surface area contributed by atoms with E-state index >= 15 is 0 Å². The zero-order chi connectivity index (χ0) is 28.0. The minimum Gasteiger partial charge on any atom is -0.406 e. The van der Waals surface area contributed by atoms with E-state index in [-0.39, 0.29) is 17.0 Å². The number of Topliss-reactive ketones (excluding diaryl/α,β-unsaturated/α-hetero) is 1. The van der Waals surface area contributed by atoms with E-state index in [9.17, 15) is 31.1 Å². The summed E-state index contributed by atoms with van der Waals surface area (Å²) in [6.07, 6.45) is -8.62. The summed E-state index contributed by atoms with van der Waals surface area (Å²) in [5.74, 6) is -1.64. The Kier molecular flexibility index (Phi) is 7.05. The number of nitrogens with one attached hydrogen (secondary N) is 1. The van der Waals surface area contributed by atoms with Crippen LogP contribution in [0.3, 0.4) is 0 Å². The highest BCUT2D eigenvalue weighted by Gasteiger charge is 2.50. The number of ether oxygens (including phenoxy) is 1. The van der Waals surface area contributed by atoms with E-state index in [1.54, 1.807) is 6.07 Å². The van der Waals surface area contributed by atoms with E-state index in [4.69, 9.17) is 11.6 Å². The van der Waals surface area contributed by atoms with Crippen LogP contribution in [0.2, 0.25) is 5.02 Å². The zero-order valence-electron chi connectivity index (χ0n) is 20.4. The van der Waals surface area contributed by atoms with Crippen molar-refractivity contribution in [3.63, 3.8) is 0 Å². The molecule has 1 N–H and O–H groups in total. The topological polar surface area (TPSA) is 41.6 Å². The number of nitrogens with zero attached hydrogens (tertiary/aromatic N) is 1. The smallest absolute Gasteiger partial charge is 0.406 e. The average molecular weight is 569 g/mol. The molecule has 0 bridgehead atoms. The second kappa shape index (κ2) is 10.1. The Morgan fingerprint density at radius 3 is 2.26 bits per heavy atom. The Balaban J connectivity index is 1.47. The first-order valence-electron chi connectivity index (χ1n) is 12.2. The lowest BCUT2D eigenvalue weighted by atomic mass is 9.67. The van der Waals surface area contributed by atoms with Crippen molar-refractivity contribution in [2.45, 2.75) is 43.4 Å². The van der Waals surface area contributed by atoms with Gasteiger partial charge in [0.1, 0.15) is 5.75 Å². The number of fused-ring (bicyclic) bond motifs is 1. The van der Waals surface area contributed by atoms with Crippen LogP contribution in [0.1, 0.15) is 45.8 Å². The van der Waals surface area contributed by atoms with Crippen LogP contribution in [0.25, 0.3) is 0 Å². The van der Waals surface area contributed by atoms with Gasteiger partial charge in [-0.25, -0.2) is 0 Å². The normalized spacial score (nSPS) is 19.5. The molecule has 1 saturated heterocycles. The third-order valence-corrected chi connectivity index (χ3v) is 7.54. The van der Waals surface area contributed by atoms with Crippen LogP contribution in [-0.4, -0.2) is 35.7 Å². The van der Waals surface area contributed by atoms with Crippen molar-refractivity contribution < 1.29 is 35.9 Å². The van der Waals surface area contributed by atoms with Gasteiger partial charge in [-0.1, -0.05) is 35.9 Å². The van der Waals surface area contributed by atoms with Crippen LogP contribution in [-0.2, 0) is 12.7 Å². The summed E-state index contributed by atoms with van der Waals surface area (Å²) in [5.41, 5.74) is -0.144. The van der Waals surface area contributed by atoms with Gasteiger partial charge < -0.3 is 10.1 Å². The number of ketones is 1. The molecule has 2 aliphatic heterocycles. The fourth-order valence-corrected chi connectivity index (χ4v) is 5.75. The van der Waals surface area contributed by atoms with E-state index in [1.807, 2.05) is 18.2 Å². The van der Waals surface area contributed by atoms with Crippen molar-refractivity contribution in [1.29, 1.82) is 0 Å². The van der Waals surface area contributed by atoms with Gasteiger partial charge in [0.05, 0.1) is 17.0 Å². The number of alkyl halides is 6. The van der Waals surface area contributed by atoms with Crippen molar-refractivity contribution in [1.82, 2.24) is 4.90 Å². The van der Waals surface area contributed by atoms with Gasteiger partial charge in [-0.2, -0.15) is 13.2 Å². The molecule has 3 aromatic rings. The summed E-state index contributed by atoms with van der Waals surface area (Å²) in [5, 5.41) is 3.88. The molecule has 1 fully saturated rings. The van der Waals surface area contributed by atoms with Gasteiger partial charge in [-0.05, 0) is 66.4 Å². The fourth-order valence-electron chi connectivity index (χ4n) is 5.54. The van der Waals surface area contributed by atoms with Gasteiger partial charge in [0.15, 0.2) is 5.78 Å².